The number of rotatable bonds is 3. The quantitative estimate of drug-likeness (QED) is 0.598. The van der Waals surface area contributed by atoms with E-state index >= 15 is 0 Å². The molecular formula is C10H17N5S. The van der Waals surface area contributed by atoms with Crippen molar-refractivity contribution >= 4 is 22.3 Å². The number of thiazole rings is 1. The number of nitrogens with one attached hydrogen (secondary N) is 1. The molecule has 16 heavy (non-hydrogen) atoms. The predicted octanol–water partition coefficient (Wildman–Crippen LogP) is 0.590. The second-order valence-corrected chi connectivity index (χ2v) is 4.84. The van der Waals surface area contributed by atoms with Gasteiger partial charge in [-0.2, -0.15) is 0 Å². The Balaban J connectivity index is 1.90. The summed E-state index contributed by atoms with van der Waals surface area (Å²) in [4.78, 5) is 8.83. The molecular weight excluding hydrogens is 222 g/mol. The molecule has 0 aromatic carbocycles. The Labute approximate surface area is 99.4 Å². The van der Waals surface area contributed by atoms with Crippen LogP contribution in [0.25, 0.3) is 0 Å². The SMILES string of the molecule is CC(C(=N)N)N1CCN(c2nccs2)CC1. The van der Waals surface area contributed by atoms with Gasteiger partial charge in [0.15, 0.2) is 5.13 Å². The van der Waals surface area contributed by atoms with E-state index < -0.39 is 0 Å². The van der Waals surface area contributed by atoms with E-state index in [1.807, 2.05) is 18.5 Å². The van der Waals surface area contributed by atoms with E-state index in [9.17, 15) is 0 Å². The molecule has 0 amide bonds. The van der Waals surface area contributed by atoms with Crippen molar-refractivity contribution in [2.75, 3.05) is 31.1 Å². The first kappa shape index (κ1) is 11.3. The Morgan fingerprint density at radius 1 is 1.50 bits per heavy atom. The standard InChI is InChI=1S/C10H17N5S/c1-8(9(11)12)14-3-5-15(6-4-14)10-13-2-7-16-10/h2,7-8H,3-6H2,1H3,(H3,11,12). The lowest BCUT2D eigenvalue weighted by molar-refractivity contribution is 0.237. The van der Waals surface area contributed by atoms with Crippen LogP contribution in [0.2, 0.25) is 0 Å². The highest BCUT2D eigenvalue weighted by atomic mass is 32.1. The summed E-state index contributed by atoms with van der Waals surface area (Å²) in [6, 6.07) is 0.0541. The lowest BCUT2D eigenvalue weighted by atomic mass is 10.2. The highest BCUT2D eigenvalue weighted by molar-refractivity contribution is 7.13. The number of piperazine rings is 1. The molecule has 1 aromatic heterocycles. The molecule has 1 atom stereocenters. The summed E-state index contributed by atoms with van der Waals surface area (Å²) < 4.78 is 0. The number of hydrogen-bond donors (Lipinski definition) is 2. The van der Waals surface area contributed by atoms with Crippen molar-refractivity contribution in [1.29, 1.82) is 5.41 Å². The lowest BCUT2D eigenvalue weighted by Gasteiger charge is -2.37. The largest absolute Gasteiger partial charge is 0.386 e. The minimum absolute atomic E-state index is 0.0541. The number of hydrogen-bond acceptors (Lipinski definition) is 5. The summed E-state index contributed by atoms with van der Waals surface area (Å²) in [5.41, 5.74) is 5.51. The van der Waals surface area contributed by atoms with Crippen LogP contribution in [0.3, 0.4) is 0 Å². The van der Waals surface area contributed by atoms with Crippen LogP contribution in [-0.2, 0) is 0 Å². The van der Waals surface area contributed by atoms with Crippen LogP contribution >= 0.6 is 11.3 Å². The fourth-order valence-corrected chi connectivity index (χ4v) is 2.57. The zero-order chi connectivity index (χ0) is 11.5. The molecule has 1 aliphatic rings. The molecule has 2 heterocycles. The number of nitrogens with zero attached hydrogens (tertiary/aromatic N) is 3. The van der Waals surface area contributed by atoms with Gasteiger partial charge in [0, 0.05) is 37.8 Å². The van der Waals surface area contributed by atoms with Gasteiger partial charge in [0.05, 0.1) is 6.04 Å². The molecule has 0 spiro atoms. The van der Waals surface area contributed by atoms with Crippen molar-refractivity contribution in [3.8, 4) is 0 Å². The Morgan fingerprint density at radius 2 is 2.19 bits per heavy atom. The lowest BCUT2D eigenvalue weighted by Crippen LogP contribution is -2.53. The first-order valence-electron chi connectivity index (χ1n) is 5.41. The summed E-state index contributed by atoms with van der Waals surface area (Å²) >= 11 is 1.67. The molecule has 0 saturated carbocycles. The zero-order valence-corrected chi connectivity index (χ0v) is 10.2. The maximum atomic E-state index is 7.44. The second-order valence-electron chi connectivity index (χ2n) is 3.97. The topological polar surface area (TPSA) is 69.2 Å². The average molecular weight is 239 g/mol. The summed E-state index contributed by atoms with van der Waals surface area (Å²) in [5.74, 6) is 0.252. The molecule has 1 saturated heterocycles. The predicted molar refractivity (Wildman–Crippen MR) is 67.3 cm³/mol. The molecule has 5 nitrogen and oxygen atoms in total. The van der Waals surface area contributed by atoms with Crippen LogP contribution < -0.4 is 10.6 Å². The van der Waals surface area contributed by atoms with Crippen molar-refractivity contribution in [2.45, 2.75) is 13.0 Å². The van der Waals surface area contributed by atoms with E-state index in [0.29, 0.717) is 0 Å². The third kappa shape index (κ3) is 2.33. The normalized spacial score (nSPS) is 19.7. The highest BCUT2D eigenvalue weighted by Gasteiger charge is 2.23. The van der Waals surface area contributed by atoms with E-state index in [-0.39, 0.29) is 11.9 Å². The van der Waals surface area contributed by atoms with Gasteiger partial charge >= 0.3 is 0 Å². The second kappa shape index (κ2) is 4.80. The Bertz CT molecular complexity index is 342. The molecule has 6 heteroatoms. The molecule has 88 valence electrons. The van der Waals surface area contributed by atoms with E-state index in [2.05, 4.69) is 14.8 Å². The van der Waals surface area contributed by atoms with Crippen LogP contribution in [0.5, 0.6) is 0 Å². The van der Waals surface area contributed by atoms with E-state index in [1.165, 1.54) is 0 Å². The van der Waals surface area contributed by atoms with Gasteiger partial charge < -0.3 is 10.6 Å². The zero-order valence-electron chi connectivity index (χ0n) is 9.39. The summed E-state index contributed by atoms with van der Waals surface area (Å²) in [5, 5.41) is 10.5. The third-order valence-corrected chi connectivity index (χ3v) is 3.83. The Morgan fingerprint density at radius 3 is 2.69 bits per heavy atom. The molecule has 0 aliphatic carbocycles. The van der Waals surface area contributed by atoms with Gasteiger partial charge in [-0.05, 0) is 6.92 Å². The van der Waals surface area contributed by atoms with E-state index in [0.717, 1.165) is 31.3 Å². The molecule has 0 bridgehead atoms. The molecule has 2 rings (SSSR count). The van der Waals surface area contributed by atoms with Gasteiger partial charge in [-0.3, -0.25) is 10.3 Å². The van der Waals surface area contributed by atoms with Crippen molar-refractivity contribution in [3.05, 3.63) is 11.6 Å². The first-order valence-corrected chi connectivity index (χ1v) is 6.29. The van der Waals surface area contributed by atoms with Gasteiger partial charge in [-0.25, -0.2) is 4.98 Å². The summed E-state index contributed by atoms with van der Waals surface area (Å²) in [6.45, 7) is 5.80. The fraction of sp³-hybridized carbons (Fsp3) is 0.600. The van der Waals surface area contributed by atoms with Crippen molar-refractivity contribution < 1.29 is 0 Å². The van der Waals surface area contributed by atoms with E-state index in [1.54, 1.807) is 11.3 Å². The maximum absolute atomic E-state index is 7.44. The van der Waals surface area contributed by atoms with Crippen molar-refractivity contribution in [3.63, 3.8) is 0 Å². The van der Waals surface area contributed by atoms with Crippen LogP contribution in [0.15, 0.2) is 11.6 Å². The first-order chi connectivity index (χ1) is 7.68. The molecule has 1 unspecified atom stereocenters. The highest BCUT2D eigenvalue weighted by Crippen LogP contribution is 2.19. The van der Waals surface area contributed by atoms with Crippen LogP contribution in [0.1, 0.15) is 6.92 Å². The molecule has 1 aliphatic heterocycles. The van der Waals surface area contributed by atoms with E-state index in [4.69, 9.17) is 11.1 Å². The maximum Gasteiger partial charge on any atom is 0.185 e. The van der Waals surface area contributed by atoms with Crippen molar-refractivity contribution in [2.24, 2.45) is 5.73 Å². The van der Waals surface area contributed by atoms with Crippen LogP contribution in [-0.4, -0.2) is 47.9 Å². The minimum Gasteiger partial charge on any atom is -0.386 e. The van der Waals surface area contributed by atoms with Crippen LogP contribution in [0, 0.1) is 5.41 Å². The van der Waals surface area contributed by atoms with Gasteiger partial charge in [-0.1, -0.05) is 0 Å². The van der Waals surface area contributed by atoms with Crippen molar-refractivity contribution in [1.82, 2.24) is 9.88 Å². The van der Waals surface area contributed by atoms with Crippen LogP contribution in [0.4, 0.5) is 5.13 Å². The van der Waals surface area contributed by atoms with Gasteiger partial charge in [0.2, 0.25) is 0 Å². The number of aromatic nitrogens is 1. The summed E-state index contributed by atoms with van der Waals surface area (Å²) in [6.07, 6.45) is 1.84. The Hall–Kier alpha value is -1.14. The van der Waals surface area contributed by atoms with Gasteiger partial charge in [0.25, 0.3) is 0 Å². The molecule has 1 aromatic rings. The molecule has 1 fully saturated rings. The van der Waals surface area contributed by atoms with Gasteiger partial charge in [-0.15, -0.1) is 11.3 Å². The summed E-state index contributed by atoms with van der Waals surface area (Å²) in [7, 11) is 0. The fourth-order valence-electron chi connectivity index (χ4n) is 1.87. The number of nitrogens with two attached hydrogens (primary N) is 1. The number of amidine groups is 1. The smallest absolute Gasteiger partial charge is 0.185 e. The third-order valence-electron chi connectivity index (χ3n) is 3.00. The molecule has 0 radical (unpaired) electrons. The average Bonchev–Trinajstić information content (AvgIpc) is 2.81. The monoisotopic (exact) mass is 239 g/mol. The number of anilines is 1. The molecule has 3 N–H and O–H groups in total. The minimum atomic E-state index is 0.0541. The van der Waals surface area contributed by atoms with Gasteiger partial charge in [0.1, 0.15) is 5.84 Å². The Kier molecular flexibility index (Phi) is 3.40.